The van der Waals surface area contributed by atoms with Gasteiger partial charge in [-0.05, 0) is 38.9 Å². The number of anilines is 1. The minimum atomic E-state index is -0.341. The van der Waals surface area contributed by atoms with E-state index in [1.165, 1.54) is 23.5 Å². The second-order valence-corrected chi connectivity index (χ2v) is 7.03. The van der Waals surface area contributed by atoms with Crippen LogP contribution in [-0.4, -0.2) is 50.6 Å². The van der Waals surface area contributed by atoms with Crippen molar-refractivity contribution in [3.8, 4) is 0 Å². The van der Waals surface area contributed by atoms with Gasteiger partial charge in [0, 0.05) is 18.2 Å². The van der Waals surface area contributed by atoms with Crippen molar-refractivity contribution in [2.45, 2.75) is 31.8 Å². The smallest absolute Gasteiger partial charge is 0.328 e. The third kappa shape index (κ3) is 3.71. The van der Waals surface area contributed by atoms with Gasteiger partial charge in [0.15, 0.2) is 5.65 Å². The van der Waals surface area contributed by atoms with Gasteiger partial charge in [-0.2, -0.15) is 4.98 Å². The van der Waals surface area contributed by atoms with E-state index in [-0.39, 0.29) is 18.1 Å². The van der Waals surface area contributed by atoms with Crippen LogP contribution < -0.4 is 11.0 Å². The standard InChI is InChI=1S/C19H23FN6O/c1-25-10-4-6-14(25)8-9-21-18-22-11-16-17(24-18)26(19(27)23-16)12-13-5-2-3-7-15(13)20/h2-3,5,7,11,14H,4,6,8-10,12H2,1H3,(H,23,27)(H,21,22,24). The predicted octanol–water partition coefficient (Wildman–Crippen LogP) is 2.20. The van der Waals surface area contributed by atoms with Crippen LogP contribution in [-0.2, 0) is 6.54 Å². The molecule has 0 saturated carbocycles. The van der Waals surface area contributed by atoms with Crippen molar-refractivity contribution in [3.05, 3.63) is 52.3 Å². The van der Waals surface area contributed by atoms with E-state index in [9.17, 15) is 9.18 Å². The topological polar surface area (TPSA) is 78.8 Å². The molecule has 3 aromatic rings. The maximum absolute atomic E-state index is 14.0. The summed E-state index contributed by atoms with van der Waals surface area (Å²) in [5.74, 6) is 0.135. The maximum atomic E-state index is 14.0. The highest BCUT2D eigenvalue weighted by Gasteiger charge is 2.20. The summed E-state index contributed by atoms with van der Waals surface area (Å²) < 4.78 is 15.4. The van der Waals surface area contributed by atoms with Crippen LogP contribution in [0.3, 0.4) is 0 Å². The molecule has 2 aromatic heterocycles. The summed E-state index contributed by atoms with van der Waals surface area (Å²) in [5.41, 5.74) is 1.13. The maximum Gasteiger partial charge on any atom is 0.328 e. The van der Waals surface area contributed by atoms with Crippen molar-refractivity contribution < 1.29 is 4.39 Å². The van der Waals surface area contributed by atoms with E-state index < -0.39 is 0 Å². The Balaban J connectivity index is 1.52. The second-order valence-electron chi connectivity index (χ2n) is 7.03. The van der Waals surface area contributed by atoms with Crippen LogP contribution in [0.1, 0.15) is 24.8 Å². The van der Waals surface area contributed by atoms with E-state index in [2.05, 4.69) is 32.2 Å². The van der Waals surface area contributed by atoms with Crippen molar-refractivity contribution in [3.63, 3.8) is 0 Å². The molecule has 3 heterocycles. The van der Waals surface area contributed by atoms with E-state index in [4.69, 9.17) is 0 Å². The van der Waals surface area contributed by atoms with E-state index >= 15 is 0 Å². The van der Waals surface area contributed by atoms with Crippen molar-refractivity contribution >= 4 is 17.1 Å². The Morgan fingerprint density at radius 1 is 1.37 bits per heavy atom. The van der Waals surface area contributed by atoms with Crippen molar-refractivity contribution in [2.75, 3.05) is 25.5 Å². The number of nitrogens with zero attached hydrogens (tertiary/aromatic N) is 4. The third-order valence-corrected chi connectivity index (χ3v) is 5.23. The van der Waals surface area contributed by atoms with Crippen LogP contribution in [0.15, 0.2) is 35.3 Å². The van der Waals surface area contributed by atoms with Gasteiger partial charge in [-0.1, -0.05) is 18.2 Å². The summed E-state index contributed by atoms with van der Waals surface area (Å²) >= 11 is 0. The molecule has 0 amide bonds. The first-order valence-corrected chi connectivity index (χ1v) is 9.25. The van der Waals surface area contributed by atoms with Gasteiger partial charge in [0.25, 0.3) is 0 Å². The highest BCUT2D eigenvalue weighted by Crippen LogP contribution is 2.18. The summed E-state index contributed by atoms with van der Waals surface area (Å²) in [6.45, 7) is 2.04. The Morgan fingerprint density at radius 2 is 2.22 bits per heavy atom. The van der Waals surface area contributed by atoms with Gasteiger partial charge in [-0.25, -0.2) is 14.2 Å². The Kier molecular flexibility index (Phi) is 4.89. The van der Waals surface area contributed by atoms with Gasteiger partial charge < -0.3 is 15.2 Å². The molecule has 0 bridgehead atoms. The molecule has 0 spiro atoms. The largest absolute Gasteiger partial charge is 0.354 e. The molecule has 1 atom stereocenters. The van der Waals surface area contributed by atoms with E-state index in [1.807, 2.05) is 0 Å². The number of halogens is 1. The first kappa shape index (κ1) is 17.7. The molecule has 0 radical (unpaired) electrons. The molecule has 0 aliphatic carbocycles. The third-order valence-electron chi connectivity index (χ3n) is 5.23. The quantitative estimate of drug-likeness (QED) is 0.696. The average molecular weight is 370 g/mol. The summed E-state index contributed by atoms with van der Waals surface area (Å²) in [6.07, 6.45) is 5.08. The number of hydrogen-bond donors (Lipinski definition) is 2. The number of likely N-dealkylation sites (tertiary alicyclic amines) is 1. The first-order chi connectivity index (χ1) is 13.1. The van der Waals surface area contributed by atoms with Crippen LogP contribution in [0.25, 0.3) is 11.2 Å². The van der Waals surface area contributed by atoms with Gasteiger partial charge in [0.1, 0.15) is 11.3 Å². The zero-order chi connectivity index (χ0) is 18.8. The number of nitrogens with one attached hydrogen (secondary N) is 2. The lowest BCUT2D eigenvalue weighted by atomic mass is 10.1. The number of fused-ring (bicyclic) bond motifs is 1. The molecule has 27 heavy (non-hydrogen) atoms. The molecule has 1 aliphatic rings. The van der Waals surface area contributed by atoms with Crippen LogP contribution >= 0.6 is 0 Å². The predicted molar refractivity (Wildman–Crippen MR) is 102 cm³/mol. The van der Waals surface area contributed by atoms with E-state index in [0.717, 1.165) is 19.5 Å². The molecule has 1 saturated heterocycles. The van der Waals surface area contributed by atoms with E-state index in [1.54, 1.807) is 24.4 Å². The van der Waals surface area contributed by atoms with Gasteiger partial charge in [-0.15, -0.1) is 0 Å². The highest BCUT2D eigenvalue weighted by atomic mass is 19.1. The van der Waals surface area contributed by atoms with Crippen molar-refractivity contribution in [2.24, 2.45) is 0 Å². The number of imidazole rings is 1. The molecule has 1 fully saturated rings. The lowest BCUT2D eigenvalue weighted by molar-refractivity contribution is 0.301. The zero-order valence-corrected chi connectivity index (χ0v) is 15.3. The molecular weight excluding hydrogens is 347 g/mol. The fraction of sp³-hybridized carbons (Fsp3) is 0.421. The Bertz CT molecular complexity index is 997. The molecule has 1 unspecified atom stereocenters. The van der Waals surface area contributed by atoms with Gasteiger partial charge in [0.2, 0.25) is 5.95 Å². The summed E-state index contributed by atoms with van der Waals surface area (Å²) in [7, 11) is 2.15. The lowest BCUT2D eigenvalue weighted by Crippen LogP contribution is -2.27. The lowest BCUT2D eigenvalue weighted by Gasteiger charge is -2.19. The number of H-pyrrole nitrogens is 1. The zero-order valence-electron chi connectivity index (χ0n) is 15.3. The minimum Gasteiger partial charge on any atom is -0.354 e. The van der Waals surface area contributed by atoms with Crippen LogP contribution in [0.5, 0.6) is 0 Å². The van der Waals surface area contributed by atoms with Crippen LogP contribution in [0.2, 0.25) is 0 Å². The SMILES string of the molecule is CN1CCCC1CCNc1ncc2[nH]c(=O)n(Cc3ccccc3F)c2n1. The Morgan fingerprint density at radius 3 is 3.00 bits per heavy atom. The van der Waals surface area contributed by atoms with Crippen molar-refractivity contribution in [1.82, 2.24) is 24.4 Å². The average Bonchev–Trinajstić information content (AvgIpc) is 3.20. The molecule has 142 valence electrons. The van der Waals surface area contributed by atoms with Crippen LogP contribution in [0.4, 0.5) is 10.3 Å². The molecule has 7 nitrogen and oxygen atoms in total. The number of rotatable bonds is 6. The Hall–Kier alpha value is -2.74. The summed E-state index contributed by atoms with van der Waals surface area (Å²) in [6, 6.07) is 7.02. The normalized spacial score (nSPS) is 17.6. The fourth-order valence-corrected chi connectivity index (χ4v) is 3.67. The second kappa shape index (κ2) is 7.48. The summed E-state index contributed by atoms with van der Waals surface area (Å²) in [5, 5.41) is 3.24. The monoisotopic (exact) mass is 370 g/mol. The number of benzene rings is 1. The number of hydrogen-bond acceptors (Lipinski definition) is 5. The summed E-state index contributed by atoms with van der Waals surface area (Å²) in [4.78, 5) is 26.1. The number of aromatic nitrogens is 4. The molecule has 1 aliphatic heterocycles. The molecule has 2 N–H and O–H groups in total. The Labute approximate surface area is 156 Å². The molecule has 8 heteroatoms. The van der Waals surface area contributed by atoms with Gasteiger partial charge in [0.05, 0.1) is 12.7 Å². The molecule has 1 aromatic carbocycles. The van der Waals surface area contributed by atoms with Crippen LogP contribution in [0, 0.1) is 5.82 Å². The van der Waals surface area contributed by atoms with Gasteiger partial charge >= 0.3 is 5.69 Å². The van der Waals surface area contributed by atoms with E-state index in [0.29, 0.717) is 28.7 Å². The number of aromatic amines is 1. The fourth-order valence-electron chi connectivity index (χ4n) is 3.67. The minimum absolute atomic E-state index is 0.120. The van der Waals surface area contributed by atoms with Gasteiger partial charge in [-0.3, -0.25) is 4.57 Å². The first-order valence-electron chi connectivity index (χ1n) is 9.25. The molecular formula is C19H23FN6O. The highest BCUT2D eigenvalue weighted by molar-refractivity contribution is 5.71. The van der Waals surface area contributed by atoms with Crippen molar-refractivity contribution in [1.29, 1.82) is 0 Å². The molecule has 4 rings (SSSR count).